The number of benzene rings is 1. The van der Waals surface area contributed by atoms with Crippen molar-refractivity contribution < 1.29 is 9.53 Å². The SMILES string of the molecule is COCCCNC(=O)c1cc(S)ccc1Br. The van der Waals surface area contributed by atoms with E-state index in [1.165, 1.54) is 0 Å². The lowest BCUT2D eigenvalue weighted by atomic mass is 10.2. The number of carbonyl (C=O) groups excluding carboxylic acids is 1. The van der Waals surface area contributed by atoms with Crippen molar-refractivity contribution in [2.75, 3.05) is 20.3 Å². The van der Waals surface area contributed by atoms with Crippen LogP contribution in [0.2, 0.25) is 0 Å². The lowest BCUT2D eigenvalue weighted by Gasteiger charge is -2.07. The van der Waals surface area contributed by atoms with Gasteiger partial charge in [-0.25, -0.2) is 0 Å². The van der Waals surface area contributed by atoms with Crippen LogP contribution in [0.3, 0.4) is 0 Å². The maximum atomic E-state index is 11.8. The first-order chi connectivity index (χ1) is 7.65. The Bertz CT molecular complexity index is 371. The molecule has 0 atom stereocenters. The van der Waals surface area contributed by atoms with E-state index >= 15 is 0 Å². The van der Waals surface area contributed by atoms with Crippen LogP contribution in [0.25, 0.3) is 0 Å². The highest BCUT2D eigenvalue weighted by atomic mass is 79.9. The molecule has 1 amide bonds. The zero-order valence-electron chi connectivity index (χ0n) is 9.00. The van der Waals surface area contributed by atoms with Crippen molar-refractivity contribution in [1.82, 2.24) is 5.32 Å². The molecule has 0 spiro atoms. The highest BCUT2D eigenvalue weighted by Crippen LogP contribution is 2.19. The molecular weight excluding hydrogens is 290 g/mol. The van der Waals surface area contributed by atoms with E-state index in [1.54, 1.807) is 13.2 Å². The molecule has 3 nitrogen and oxygen atoms in total. The summed E-state index contributed by atoms with van der Waals surface area (Å²) in [5.74, 6) is -0.0983. The largest absolute Gasteiger partial charge is 0.385 e. The molecule has 16 heavy (non-hydrogen) atoms. The molecule has 0 aromatic heterocycles. The summed E-state index contributed by atoms with van der Waals surface area (Å²) in [5, 5.41) is 2.82. The van der Waals surface area contributed by atoms with Crippen LogP contribution in [-0.2, 0) is 4.74 Å². The fraction of sp³-hybridized carbons (Fsp3) is 0.364. The van der Waals surface area contributed by atoms with Crippen LogP contribution in [0.4, 0.5) is 0 Å². The van der Waals surface area contributed by atoms with Crippen LogP contribution in [0.1, 0.15) is 16.8 Å². The van der Waals surface area contributed by atoms with Gasteiger partial charge >= 0.3 is 0 Å². The third kappa shape index (κ3) is 4.15. The molecular formula is C11H14BrNO2S. The average Bonchev–Trinajstić information content (AvgIpc) is 2.27. The lowest BCUT2D eigenvalue weighted by Crippen LogP contribution is -2.25. The summed E-state index contributed by atoms with van der Waals surface area (Å²) >= 11 is 7.53. The maximum Gasteiger partial charge on any atom is 0.252 e. The summed E-state index contributed by atoms with van der Waals surface area (Å²) in [6, 6.07) is 5.38. The van der Waals surface area contributed by atoms with E-state index in [4.69, 9.17) is 4.74 Å². The molecule has 0 saturated heterocycles. The first kappa shape index (κ1) is 13.5. The van der Waals surface area contributed by atoms with Crippen molar-refractivity contribution in [2.45, 2.75) is 11.3 Å². The summed E-state index contributed by atoms with van der Waals surface area (Å²) in [7, 11) is 1.64. The first-order valence-electron chi connectivity index (χ1n) is 4.91. The van der Waals surface area contributed by atoms with Gasteiger partial charge in [0.2, 0.25) is 0 Å². The van der Waals surface area contributed by atoms with Crippen molar-refractivity contribution in [3.8, 4) is 0 Å². The van der Waals surface area contributed by atoms with Crippen molar-refractivity contribution in [3.05, 3.63) is 28.2 Å². The molecule has 1 aromatic rings. The summed E-state index contributed by atoms with van der Waals surface area (Å²) < 4.78 is 5.67. The van der Waals surface area contributed by atoms with Gasteiger partial charge in [0.15, 0.2) is 0 Å². The Hall–Kier alpha value is -0.520. The Morgan fingerprint density at radius 2 is 2.31 bits per heavy atom. The molecule has 0 saturated carbocycles. The third-order valence-corrected chi connectivity index (χ3v) is 2.98. The topological polar surface area (TPSA) is 38.3 Å². The summed E-state index contributed by atoms with van der Waals surface area (Å²) in [6.07, 6.45) is 0.806. The van der Waals surface area contributed by atoms with Gasteiger partial charge in [-0.3, -0.25) is 4.79 Å². The number of hydrogen-bond acceptors (Lipinski definition) is 3. The molecule has 0 unspecified atom stereocenters. The number of carbonyl (C=O) groups is 1. The van der Waals surface area contributed by atoms with E-state index in [-0.39, 0.29) is 5.91 Å². The van der Waals surface area contributed by atoms with Crippen LogP contribution in [0.15, 0.2) is 27.6 Å². The second kappa shape index (κ2) is 6.93. The van der Waals surface area contributed by atoms with Crippen LogP contribution >= 0.6 is 28.6 Å². The van der Waals surface area contributed by atoms with Gasteiger partial charge in [0.25, 0.3) is 5.91 Å². The minimum Gasteiger partial charge on any atom is -0.385 e. The number of hydrogen-bond donors (Lipinski definition) is 2. The zero-order chi connectivity index (χ0) is 12.0. The molecule has 0 aliphatic rings. The van der Waals surface area contributed by atoms with Gasteiger partial charge in [0.1, 0.15) is 0 Å². The number of methoxy groups -OCH3 is 1. The molecule has 0 heterocycles. The Balaban J connectivity index is 2.55. The Labute approximate surface area is 109 Å². The molecule has 0 aliphatic heterocycles. The fourth-order valence-corrected chi connectivity index (χ4v) is 1.83. The van der Waals surface area contributed by atoms with Gasteiger partial charge in [-0.05, 0) is 40.5 Å². The van der Waals surface area contributed by atoms with Crippen molar-refractivity contribution >= 4 is 34.5 Å². The van der Waals surface area contributed by atoms with E-state index in [2.05, 4.69) is 33.9 Å². The van der Waals surface area contributed by atoms with E-state index in [9.17, 15) is 4.79 Å². The maximum absolute atomic E-state index is 11.8. The van der Waals surface area contributed by atoms with E-state index in [0.29, 0.717) is 18.7 Å². The molecule has 0 aliphatic carbocycles. The molecule has 1 rings (SSSR count). The van der Waals surface area contributed by atoms with Gasteiger partial charge in [0, 0.05) is 29.6 Å². The van der Waals surface area contributed by atoms with Crippen LogP contribution < -0.4 is 5.32 Å². The number of halogens is 1. The first-order valence-corrected chi connectivity index (χ1v) is 6.15. The van der Waals surface area contributed by atoms with Crippen molar-refractivity contribution in [3.63, 3.8) is 0 Å². The van der Waals surface area contributed by atoms with Gasteiger partial charge in [-0.2, -0.15) is 0 Å². The molecule has 0 radical (unpaired) electrons. The predicted octanol–water partition coefficient (Wildman–Crippen LogP) is 2.50. The lowest BCUT2D eigenvalue weighted by molar-refractivity contribution is 0.0947. The Morgan fingerprint density at radius 1 is 1.56 bits per heavy atom. The predicted molar refractivity (Wildman–Crippen MR) is 70.2 cm³/mol. The van der Waals surface area contributed by atoms with Crippen LogP contribution in [0.5, 0.6) is 0 Å². The summed E-state index contributed by atoms with van der Waals surface area (Å²) in [6.45, 7) is 1.25. The van der Waals surface area contributed by atoms with E-state index in [1.807, 2.05) is 12.1 Å². The van der Waals surface area contributed by atoms with Gasteiger partial charge in [0.05, 0.1) is 5.56 Å². The highest BCUT2D eigenvalue weighted by Gasteiger charge is 2.09. The monoisotopic (exact) mass is 303 g/mol. The van der Waals surface area contributed by atoms with Crippen LogP contribution in [0, 0.1) is 0 Å². The number of thiol groups is 1. The number of ether oxygens (including phenoxy) is 1. The number of rotatable bonds is 5. The second-order valence-electron chi connectivity index (χ2n) is 3.27. The molecule has 0 fully saturated rings. The second-order valence-corrected chi connectivity index (χ2v) is 4.64. The van der Waals surface area contributed by atoms with Crippen molar-refractivity contribution in [2.24, 2.45) is 0 Å². The van der Waals surface area contributed by atoms with Gasteiger partial charge < -0.3 is 10.1 Å². The molecule has 1 N–H and O–H groups in total. The zero-order valence-corrected chi connectivity index (χ0v) is 11.5. The number of amides is 1. The molecule has 0 bridgehead atoms. The minimum atomic E-state index is -0.0983. The molecule has 5 heteroatoms. The fourth-order valence-electron chi connectivity index (χ4n) is 1.20. The third-order valence-electron chi connectivity index (χ3n) is 2.01. The smallest absolute Gasteiger partial charge is 0.252 e. The average molecular weight is 304 g/mol. The van der Waals surface area contributed by atoms with Gasteiger partial charge in [-0.15, -0.1) is 12.6 Å². The standard InChI is InChI=1S/C11H14BrNO2S/c1-15-6-2-5-13-11(14)9-7-8(16)3-4-10(9)12/h3-4,7,16H,2,5-6H2,1H3,(H,13,14). The minimum absolute atomic E-state index is 0.0983. The highest BCUT2D eigenvalue weighted by molar-refractivity contribution is 9.10. The normalized spacial score (nSPS) is 10.2. The van der Waals surface area contributed by atoms with Gasteiger partial charge in [-0.1, -0.05) is 0 Å². The quantitative estimate of drug-likeness (QED) is 0.648. The summed E-state index contributed by atoms with van der Waals surface area (Å²) in [4.78, 5) is 12.5. The van der Waals surface area contributed by atoms with Crippen LogP contribution in [-0.4, -0.2) is 26.2 Å². The Kier molecular flexibility index (Phi) is 5.87. The van der Waals surface area contributed by atoms with E-state index < -0.39 is 0 Å². The van der Waals surface area contributed by atoms with E-state index in [0.717, 1.165) is 15.8 Å². The molecule has 88 valence electrons. The Morgan fingerprint density at radius 3 is 3.00 bits per heavy atom. The molecule has 1 aromatic carbocycles. The summed E-state index contributed by atoms with van der Waals surface area (Å²) in [5.41, 5.74) is 0.602. The number of nitrogens with one attached hydrogen (secondary N) is 1. The van der Waals surface area contributed by atoms with Crippen molar-refractivity contribution in [1.29, 1.82) is 0 Å².